The number of fused-ring (bicyclic) bond motifs is 1. The fourth-order valence-electron chi connectivity index (χ4n) is 1.73. The molecule has 0 aliphatic heterocycles. The van der Waals surface area contributed by atoms with Gasteiger partial charge in [0, 0.05) is 15.6 Å². The van der Waals surface area contributed by atoms with Gasteiger partial charge in [-0.05, 0) is 51.2 Å². The molecule has 0 aliphatic rings. The van der Waals surface area contributed by atoms with Crippen LogP contribution in [0.2, 0.25) is 5.02 Å². The van der Waals surface area contributed by atoms with E-state index in [0.29, 0.717) is 25.1 Å². The van der Waals surface area contributed by atoms with Crippen molar-refractivity contribution < 1.29 is 9.18 Å². The van der Waals surface area contributed by atoms with E-state index in [1.165, 1.54) is 12.1 Å². The van der Waals surface area contributed by atoms with Crippen LogP contribution in [0.3, 0.4) is 0 Å². The highest BCUT2D eigenvalue weighted by Gasteiger charge is 2.18. The number of thiophene rings is 1. The molecule has 1 amide bonds. The van der Waals surface area contributed by atoms with E-state index >= 15 is 0 Å². The highest BCUT2D eigenvalue weighted by atomic mass is 35.5. The van der Waals surface area contributed by atoms with Crippen molar-refractivity contribution >= 4 is 56.3 Å². The standard InChI is InChI=1S/C14H15ClFN3OS2/c1-14(2,3)17-13(21)19-18-12(20)11-10(15)8-5-4-7(16)6-9(8)22-11/h4-6H,1-3H3,(H,18,20)(H2,17,19,21). The Kier molecular flexibility index (Phi) is 4.89. The van der Waals surface area contributed by atoms with Gasteiger partial charge in [0.2, 0.25) is 0 Å². The Balaban J connectivity index is 2.10. The van der Waals surface area contributed by atoms with Crippen molar-refractivity contribution in [3.63, 3.8) is 0 Å². The number of halogens is 2. The number of benzene rings is 1. The Morgan fingerprint density at radius 1 is 1.32 bits per heavy atom. The monoisotopic (exact) mass is 359 g/mol. The van der Waals surface area contributed by atoms with Gasteiger partial charge in [0.05, 0.1) is 5.02 Å². The molecule has 0 saturated heterocycles. The summed E-state index contributed by atoms with van der Waals surface area (Å²) >= 11 is 12.4. The van der Waals surface area contributed by atoms with Gasteiger partial charge in [-0.1, -0.05) is 11.6 Å². The second-order valence-corrected chi connectivity index (χ2v) is 7.51. The number of carbonyl (C=O) groups excluding carboxylic acids is 1. The predicted molar refractivity (Wildman–Crippen MR) is 92.9 cm³/mol. The van der Waals surface area contributed by atoms with E-state index in [9.17, 15) is 9.18 Å². The summed E-state index contributed by atoms with van der Waals surface area (Å²) in [4.78, 5) is 12.5. The van der Waals surface area contributed by atoms with Crippen molar-refractivity contribution in [1.29, 1.82) is 0 Å². The van der Waals surface area contributed by atoms with Crippen LogP contribution < -0.4 is 16.2 Å². The summed E-state index contributed by atoms with van der Waals surface area (Å²) in [5.74, 6) is -0.796. The van der Waals surface area contributed by atoms with Crippen LogP contribution in [0.5, 0.6) is 0 Å². The van der Waals surface area contributed by atoms with Crippen molar-refractivity contribution in [2.24, 2.45) is 0 Å². The molecule has 8 heteroatoms. The van der Waals surface area contributed by atoms with Crippen molar-refractivity contribution in [3.8, 4) is 0 Å². The van der Waals surface area contributed by atoms with Crippen LogP contribution >= 0.6 is 35.2 Å². The van der Waals surface area contributed by atoms with Crippen molar-refractivity contribution in [2.75, 3.05) is 0 Å². The second kappa shape index (κ2) is 6.36. The zero-order valence-electron chi connectivity index (χ0n) is 12.2. The quantitative estimate of drug-likeness (QED) is 0.538. The summed E-state index contributed by atoms with van der Waals surface area (Å²) in [5.41, 5.74) is 4.87. The van der Waals surface area contributed by atoms with Crippen LogP contribution in [0.4, 0.5) is 4.39 Å². The number of thiocarbonyl (C=S) groups is 1. The average molecular weight is 360 g/mol. The zero-order chi connectivity index (χ0) is 16.5. The molecule has 2 aromatic rings. The third kappa shape index (κ3) is 4.06. The number of hydrazine groups is 1. The number of hydrogen-bond donors (Lipinski definition) is 3. The maximum absolute atomic E-state index is 13.2. The van der Waals surface area contributed by atoms with Gasteiger partial charge in [0.15, 0.2) is 5.11 Å². The molecule has 4 nitrogen and oxygen atoms in total. The van der Waals surface area contributed by atoms with E-state index in [4.69, 9.17) is 23.8 Å². The van der Waals surface area contributed by atoms with Gasteiger partial charge >= 0.3 is 0 Å². The first-order valence-electron chi connectivity index (χ1n) is 6.43. The van der Waals surface area contributed by atoms with Gasteiger partial charge in [-0.2, -0.15) is 0 Å². The van der Waals surface area contributed by atoms with E-state index in [1.807, 2.05) is 20.8 Å². The minimum Gasteiger partial charge on any atom is -0.357 e. The highest BCUT2D eigenvalue weighted by Crippen LogP contribution is 2.35. The summed E-state index contributed by atoms with van der Waals surface area (Å²) in [6.45, 7) is 5.83. The van der Waals surface area contributed by atoms with Gasteiger partial charge in [0.1, 0.15) is 10.7 Å². The first-order valence-corrected chi connectivity index (χ1v) is 8.04. The van der Waals surface area contributed by atoms with Gasteiger partial charge in [-0.3, -0.25) is 15.6 Å². The lowest BCUT2D eigenvalue weighted by atomic mass is 10.1. The molecule has 118 valence electrons. The Hall–Kier alpha value is -1.44. The minimum atomic E-state index is -0.426. The topological polar surface area (TPSA) is 53.2 Å². The highest BCUT2D eigenvalue weighted by molar-refractivity contribution is 7.80. The lowest BCUT2D eigenvalue weighted by Crippen LogP contribution is -2.52. The number of amides is 1. The number of hydrogen-bond acceptors (Lipinski definition) is 3. The molecular weight excluding hydrogens is 345 g/mol. The van der Waals surface area contributed by atoms with Crippen LogP contribution in [-0.4, -0.2) is 16.6 Å². The molecule has 22 heavy (non-hydrogen) atoms. The van der Waals surface area contributed by atoms with Gasteiger partial charge in [0.25, 0.3) is 5.91 Å². The molecular formula is C14H15ClFN3OS2. The SMILES string of the molecule is CC(C)(C)NC(=S)NNC(=O)c1sc2cc(F)ccc2c1Cl. The molecule has 0 saturated carbocycles. The van der Waals surface area contributed by atoms with Gasteiger partial charge in [-0.15, -0.1) is 11.3 Å². The van der Waals surface area contributed by atoms with E-state index in [1.54, 1.807) is 6.07 Å². The smallest absolute Gasteiger partial charge is 0.281 e. The molecule has 1 aromatic carbocycles. The van der Waals surface area contributed by atoms with Crippen LogP contribution in [0.15, 0.2) is 18.2 Å². The molecule has 0 spiro atoms. The third-order valence-corrected chi connectivity index (χ3v) is 4.44. The Bertz CT molecular complexity index is 739. The minimum absolute atomic E-state index is 0.221. The second-order valence-electron chi connectivity index (χ2n) is 5.67. The van der Waals surface area contributed by atoms with E-state index in [2.05, 4.69) is 16.2 Å². The third-order valence-electron chi connectivity index (χ3n) is 2.58. The van der Waals surface area contributed by atoms with Crippen molar-refractivity contribution in [2.45, 2.75) is 26.3 Å². The van der Waals surface area contributed by atoms with E-state index in [0.717, 1.165) is 11.3 Å². The summed E-state index contributed by atoms with van der Waals surface area (Å²) in [6.07, 6.45) is 0. The van der Waals surface area contributed by atoms with Crippen LogP contribution in [0.1, 0.15) is 30.4 Å². The molecule has 2 rings (SSSR count). The lowest BCUT2D eigenvalue weighted by Gasteiger charge is -2.22. The first-order chi connectivity index (χ1) is 10.2. The predicted octanol–water partition coefficient (Wildman–Crippen LogP) is 3.60. The maximum atomic E-state index is 13.2. The number of nitrogens with one attached hydrogen (secondary N) is 3. The largest absolute Gasteiger partial charge is 0.357 e. The molecule has 0 bridgehead atoms. The molecule has 0 fully saturated rings. The molecule has 3 N–H and O–H groups in total. The van der Waals surface area contributed by atoms with Gasteiger partial charge < -0.3 is 5.32 Å². The maximum Gasteiger partial charge on any atom is 0.281 e. The molecule has 0 atom stereocenters. The molecule has 1 heterocycles. The Morgan fingerprint density at radius 3 is 2.64 bits per heavy atom. The molecule has 0 radical (unpaired) electrons. The Morgan fingerprint density at radius 2 is 2.00 bits per heavy atom. The summed E-state index contributed by atoms with van der Waals surface area (Å²) in [7, 11) is 0. The fraction of sp³-hybridized carbons (Fsp3) is 0.286. The van der Waals surface area contributed by atoms with Crippen molar-refractivity contribution in [3.05, 3.63) is 33.9 Å². The van der Waals surface area contributed by atoms with Crippen LogP contribution in [0.25, 0.3) is 10.1 Å². The average Bonchev–Trinajstić information content (AvgIpc) is 2.71. The number of rotatable bonds is 1. The first kappa shape index (κ1) is 16.9. The fourth-order valence-corrected chi connectivity index (χ4v) is 3.52. The van der Waals surface area contributed by atoms with Gasteiger partial charge in [-0.25, -0.2) is 4.39 Å². The molecule has 0 aliphatic carbocycles. The number of carbonyl (C=O) groups is 1. The zero-order valence-corrected chi connectivity index (χ0v) is 14.6. The Labute approximate surface area is 142 Å². The van der Waals surface area contributed by atoms with Crippen molar-refractivity contribution in [1.82, 2.24) is 16.2 Å². The summed E-state index contributed by atoms with van der Waals surface area (Å²) < 4.78 is 13.8. The molecule has 1 aromatic heterocycles. The van der Waals surface area contributed by atoms with E-state index in [-0.39, 0.29) is 11.4 Å². The summed E-state index contributed by atoms with van der Waals surface area (Å²) in [5, 5.41) is 4.24. The normalized spacial score (nSPS) is 11.3. The van der Waals surface area contributed by atoms with E-state index < -0.39 is 5.91 Å². The van der Waals surface area contributed by atoms with Crippen LogP contribution in [0, 0.1) is 5.82 Å². The lowest BCUT2D eigenvalue weighted by molar-refractivity contribution is 0.0947. The van der Waals surface area contributed by atoms with Crippen LogP contribution in [-0.2, 0) is 0 Å². The summed E-state index contributed by atoms with van der Waals surface area (Å²) in [6, 6.07) is 4.21. The molecule has 0 unspecified atom stereocenters.